The average Bonchev–Trinajstić information content (AvgIpc) is 3.04. The van der Waals surface area contributed by atoms with Crippen LogP contribution >= 0.6 is 0 Å². The van der Waals surface area contributed by atoms with Gasteiger partial charge in [0, 0.05) is 0 Å². The summed E-state index contributed by atoms with van der Waals surface area (Å²) in [5.74, 6) is -0.128. The third-order valence-electron chi connectivity index (χ3n) is 3.19. The highest BCUT2D eigenvalue weighted by Gasteiger charge is 2.52. The molecule has 0 bridgehead atoms. The summed E-state index contributed by atoms with van der Waals surface area (Å²) in [7, 11) is 0. The highest BCUT2D eigenvalue weighted by atomic mass is 16.6. The highest BCUT2D eigenvalue weighted by Crippen LogP contribution is 2.54. The van der Waals surface area contributed by atoms with Gasteiger partial charge in [-0.15, -0.1) is 0 Å². The number of ether oxygens (including phenoxy) is 1. The van der Waals surface area contributed by atoms with E-state index in [-0.39, 0.29) is 5.97 Å². The molecular weight excluding hydrogens is 224 g/mol. The minimum absolute atomic E-state index is 0.128. The van der Waals surface area contributed by atoms with E-state index in [9.17, 15) is 4.79 Å². The average molecular weight is 244 g/mol. The van der Waals surface area contributed by atoms with Crippen LogP contribution in [-0.2, 0) is 9.53 Å². The van der Waals surface area contributed by atoms with Gasteiger partial charge in [0.25, 0.3) is 0 Å². The first-order valence-corrected chi connectivity index (χ1v) is 6.41. The molecule has 0 saturated heterocycles. The zero-order chi connectivity index (χ0) is 13.4. The van der Waals surface area contributed by atoms with E-state index < -0.39 is 11.0 Å². The summed E-state index contributed by atoms with van der Waals surface area (Å²) in [4.78, 5) is 12.3. The minimum atomic E-state index is -0.491. The van der Waals surface area contributed by atoms with Crippen LogP contribution in [0.1, 0.15) is 39.7 Å². The lowest BCUT2D eigenvalue weighted by Crippen LogP contribution is -2.30. The summed E-state index contributed by atoms with van der Waals surface area (Å²) in [6, 6.07) is 10.0. The van der Waals surface area contributed by atoms with Crippen LogP contribution in [0.3, 0.4) is 0 Å². The maximum atomic E-state index is 12.3. The lowest BCUT2D eigenvalue weighted by molar-refractivity contribution is -0.160. The van der Waals surface area contributed by atoms with Gasteiger partial charge in [0.1, 0.15) is 11.0 Å². The Bertz CT molecular complexity index is 480. The van der Waals surface area contributed by atoms with Crippen molar-refractivity contribution in [2.75, 3.05) is 0 Å². The van der Waals surface area contributed by atoms with Crippen LogP contribution in [0.5, 0.6) is 0 Å². The van der Waals surface area contributed by atoms with Crippen molar-refractivity contribution in [1.29, 1.82) is 0 Å². The first-order valence-electron chi connectivity index (χ1n) is 6.41. The number of benzene rings is 1. The summed E-state index contributed by atoms with van der Waals surface area (Å²) in [5, 5.41) is 0. The molecule has 96 valence electrons. The molecular formula is C16H20O2. The quantitative estimate of drug-likeness (QED) is 0.755. The first-order chi connectivity index (χ1) is 8.39. The molecule has 2 heteroatoms. The van der Waals surface area contributed by atoms with Gasteiger partial charge in [0.15, 0.2) is 0 Å². The molecule has 1 aliphatic rings. The van der Waals surface area contributed by atoms with E-state index >= 15 is 0 Å². The van der Waals surface area contributed by atoms with Gasteiger partial charge in [-0.3, -0.25) is 4.79 Å². The molecule has 0 radical (unpaired) electrons. The van der Waals surface area contributed by atoms with Crippen molar-refractivity contribution >= 4 is 11.5 Å². The van der Waals surface area contributed by atoms with Crippen LogP contribution in [0.2, 0.25) is 0 Å². The van der Waals surface area contributed by atoms with E-state index in [1.54, 1.807) is 0 Å². The lowest BCUT2D eigenvalue weighted by atomic mass is 9.93. The van der Waals surface area contributed by atoms with Gasteiger partial charge in [-0.25, -0.2) is 0 Å². The van der Waals surface area contributed by atoms with Crippen molar-refractivity contribution < 1.29 is 9.53 Å². The van der Waals surface area contributed by atoms with Gasteiger partial charge in [0.2, 0.25) is 0 Å². The summed E-state index contributed by atoms with van der Waals surface area (Å²) < 4.78 is 5.52. The molecule has 0 spiro atoms. The SMILES string of the molecule is CC[C@@]1(C(=O)OC(C)(C)C)C=C1c1ccccc1. The normalized spacial score (nSPS) is 22.3. The Kier molecular flexibility index (Phi) is 3.05. The molecule has 1 aromatic rings. The Morgan fingerprint density at radius 1 is 1.22 bits per heavy atom. The molecule has 0 fully saturated rings. The first kappa shape index (κ1) is 12.9. The van der Waals surface area contributed by atoms with Gasteiger partial charge < -0.3 is 4.74 Å². The number of carbonyl (C=O) groups excluding carboxylic acids is 1. The van der Waals surface area contributed by atoms with E-state index in [2.05, 4.69) is 0 Å². The van der Waals surface area contributed by atoms with E-state index in [0.717, 1.165) is 17.6 Å². The molecule has 18 heavy (non-hydrogen) atoms. The molecule has 1 atom stereocenters. The van der Waals surface area contributed by atoms with Crippen LogP contribution in [-0.4, -0.2) is 11.6 Å². The lowest BCUT2D eigenvalue weighted by Gasteiger charge is -2.24. The Morgan fingerprint density at radius 3 is 2.33 bits per heavy atom. The summed E-state index contributed by atoms with van der Waals surface area (Å²) >= 11 is 0. The second-order valence-corrected chi connectivity index (χ2v) is 5.75. The summed E-state index contributed by atoms with van der Waals surface area (Å²) in [6.45, 7) is 7.73. The summed E-state index contributed by atoms with van der Waals surface area (Å²) in [5.41, 5.74) is 1.29. The van der Waals surface area contributed by atoms with Gasteiger partial charge in [-0.2, -0.15) is 0 Å². The number of rotatable bonds is 3. The maximum absolute atomic E-state index is 12.3. The molecule has 0 unspecified atom stereocenters. The molecule has 0 aliphatic heterocycles. The standard InChI is InChI=1S/C16H20O2/c1-5-16(14(17)18-15(2,3)4)11-13(16)12-9-7-6-8-10-12/h6-11H,5H2,1-4H3/t16-/m1/s1. The van der Waals surface area contributed by atoms with E-state index in [1.807, 2.05) is 64.1 Å². The van der Waals surface area contributed by atoms with Crippen LogP contribution in [0, 0.1) is 5.41 Å². The number of hydrogen-bond donors (Lipinski definition) is 0. The molecule has 0 N–H and O–H groups in total. The minimum Gasteiger partial charge on any atom is -0.459 e. The van der Waals surface area contributed by atoms with Gasteiger partial charge >= 0.3 is 5.97 Å². The molecule has 1 aliphatic carbocycles. The van der Waals surface area contributed by atoms with Gasteiger partial charge in [-0.1, -0.05) is 43.3 Å². The monoisotopic (exact) mass is 244 g/mol. The number of carbonyl (C=O) groups is 1. The van der Waals surface area contributed by atoms with Crippen molar-refractivity contribution in [3.63, 3.8) is 0 Å². The van der Waals surface area contributed by atoms with Crippen molar-refractivity contribution in [2.45, 2.75) is 39.7 Å². The van der Waals surface area contributed by atoms with E-state index in [0.29, 0.717) is 0 Å². The van der Waals surface area contributed by atoms with Crippen LogP contribution in [0.25, 0.3) is 5.57 Å². The molecule has 0 heterocycles. The van der Waals surface area contributed by atoms with Crippen molar-refractivity contribution in [2.24, 2.45) is 5.41 Å². The topological polar surface area (TPSA) is 26.3 Å². The van der Waals surface area contributed by atoms with Gasteiger partial charge in [-0.05, 0) is 38.3 Å². The molecule has 0 amide bonds. The molecule has 0 aromatic heterocycles. The highest BCUT2D eigenvalue weighted by molar-refractivity contribution is 6.05. The third kappa shape index (κ3) is 2.33. The smallest absolute Gasteiger partial charge is 0.321 e. The molecule has 2 nitrogen and oxygen atoms in total. The Hall–Kier alpha value is -1.57. The molecule has 2 rings (SSSR count). The molecule has 1 aromatic carbocycles. The largest absolute Gasteiger partial charge is 0.459 e. The fourth-order valence-corrected chi connectivity index (χ4v) is 2.14. The van der Waals surface area contributed by atoms with Crippen LogP contribution in [0.4, 0.5) is 0 Å². The van der Waals surface area contributed by atoms with Crippen molar-refractivity contribution in [3.05, 3.63) is 42.0 Å². The van der Waals surface area contributed by atoms with Crippen molar-refractivity contribution in [3.8, 4) is 0 Å². The summed E-state index contributed by atoms with van der Waals surface area (Å²) in [6.07, 6.45) is 2.78. The van der Waals surface area contributed by atoms with Gasteiger partial charge in [0.05, 0.1) is 0 Å². The Labute approximate surface area is 109 Å². The van der Waals surface area contributed by atoms with E-state index in [1.165, 1.54) is 0 Å². The second kappa shape index (κ2) is 4.27. The fourth-order valence-electron chi connectivity index (χ4n) is 2.14. The third-order valence-corrected chi connectivity index (χ3v) is 3.19. The van der Waals surface area contributed by atoms with Crippen LogP contribution < -0.4 is 0 Å². The zero-order valence-corrected chi connectivity index (χ0v) is 11.5. The predicted molar refractivity (Wildman–Crippen MR) is 73.0 cm³/mol. The predicted octanol–water partition coefficient (Wildman–Crippen LogP) is 3.82. The number of hydrogen-bond acceptors (Lipinski definition) is 2. The number of esters is 1. The zero-order valence-electron chi connectivity index (χ0n) is 11.5. The second-order valence-electron chi connectivity index (χ2n) is 5.75. The van der Waals surface area contributed by atoms with E-state index in [4.69, 9.17) is 4.74 Å². The fraction of sp³-hybridized carbons (Fsp3) is 0.438. The Balaban J connectivity index is 2.16. The van der Waals surface area contributed by atoms with Crippen LogP contribution in [0.15, 0.2) is 36.4 Å². The Morgan fingerprint density at radius 2 is 1.83 bits per heavy atom. The maximum Gasteiger partial charge on any atom is 0.321 e. The van der Waals surface area contributed by atoms with Crippen molar-refractivity contribution in [1.82, 2.24) is 0 Å². The molecule has 0 saturated carbocycles.